The molecule has 0 N–H and O–H groups in total. The van der Waals surface area contributed by atoms with Crippen molar-refractivity contribution in [2.45, 2.75) is 18.4 Å². The molecule has 0 bridgehead atoms. The number of amides is 1. The molecule has 0 atom stereocenters. The Balaban J connectivity index is 1.53. The van der Waals surface area contributed by atoms with Crippen LogP contribution in [0.25, 0.3) is 0 Å². The number of hydrogen-bond donors (Lipinski definition) is 0. The first-order chi connectivity index (χ1) is 17.1. The molecule has 0 spiro atoms. The summed E-state index contributed by atoms with van der Waals surface area (Å²) in [4.78, 5) is 17.1. The van der Waals surface area contributed by atoms with Crippen molar-refractivity contribution in [1.29, 1.82) is 0 Å². The zero-order valence-electron chi connectivity index (χ0n) is 19.7. The van der Waals surface area contributed by atoms with Crippen LogP contribution in [0.4, 0.5) is 10.1 Å². The van der Waals surface area contributed by atoms with Crippen molar-refractivity contribution in [1.82, 2.24) is 9.21 Å². The second kappa shape index (κ2) is 11.2. The Bertz CT molecular complexity index is 1310. The molecule has 0 unspecified atom stereocenters. The summed E-state index contributed by atoms with van der Waals surface area (Å²) in [5.74, 6) is -0.617. The molecule has 1 saturated heterocycles. The fraction of sp³-hybridized carbons (Fsp3) is 0.269. The molecule has 0 aliphatic carbocycles. The van der Waals surface area contributed by atoms with E-state index in [9.17, 15) is 17.6 Å². The molecule has 0 aromatic heterocycles. The minimum Gasteiger partial charge on any atom is -0.368 e. The summed E-state index contributed by atoms with van der Waals surface area (Å²) >= 11 is 12.7. The predicted octanol–water partition coefficient (Wildman–Crippen LogP) is 4.98. The lowest BCUT2D eigenvalue weighted by molar-refractivity contribution is -0.131. The summed E-state index contributed by atoms with van der Waals surface area (Å²) in [5, 5.41) is 0.652. The van der Waals surface area contributed by atoms with Gasteiger partial charge in [-0.1, -0.05) is 47.0 Å². The number of sulfonamides is 1. The number of nitrogens with zero attached hydrogens (tertiary/aromatic N) is 3. The molecule has 10 heteroatoms. The summed E-state index contributed by atoms with van der Waals surface area (Å²) in [7, 11) is -4.02. The fourth-order valence-electron chi connectivity index (χ4n) is 4.06. The van der Waals surface area contributed by atoms with Crippen molar-refractivity contribution in [3.63, 3.8) is 0 Å². The highest BCUT2D eigenvalue weighted by Crippen LogP contribution is 2.28. The van der Waals surface area contributed by atoms with Crippen LogP contribution in [0, 0.1) is 12.7 Å². The van der Waals surface area contributed by atoms with E-state index in [1.54, 1.807) is 47.4 Å². The Kier molecular flexibility index (Phi) is 8.20. The van der Waals surface area contributed by atoms with Crippen LogP contribution in [0.1, 0.15) is 11.1 Å². The minimum absolute atomic E-state index is 0.0882. The summed E-state index contributed by atoms with van der Waals surface area (Å²) in [6, 6.07) is 17.6. The highest BCUT2D eigenvalue weighted by Gasteiger charge is 2.31. The zero-order chi connectivity index (χ0) is 25.9. The van der Waals surface area contributed by atoms with Crippen LogP contribution >= 0.6 is 23.2 Å². The molecule has 1 aliphatic rings. The highest BCUT2D eigenvalue weighted by molar-refractivity contribution is 7.89. The summed E-state index contributed by atoms with van der Waals surface area (Å²) in [6.07, 6.45) is 0. The van der Waals surface area contributed by atoms with Crippen molar-refractivity contribution in [2.75, 3.05) is 37.6 Å². The SMILES string of the molecule is Cc1ccc(S(=O)(=O)N(CC(=O)N2CCN(c3ccc(F)cc3)CC2)Cc2c(Cl)cccc2Cl)cc1. The van der Waals surface area contributed by atoms with Gasteiger partial charge in [0, 0.05) is 54.0 Å². The third kappa shape index (κ3) is 6.00. The van der Waals surface area contributed by atoms with Gasteiger partial charge in [0.15, 0.2) is 0 Å². The van der Waals surface area contributed by atoms with Crippen LogP contribution in [0.3, 0.4) is 0 Å². The van der Waals surface area contributed by atoms with E-state index in [4.69, 9.17) is 23.2 Å². The van der Waals surface area contributed by atoms with Crippen LogP contribution in [-0.4, -0.2) is 56.3 Å². The second-order valence-corrected chi connectivity index (χ2v) is 11.4. The van der Waals surface area contributed by atoms with E-state index >= 15 is 0 Å². The van der Waals surface area contributed by atoms with Gasteiger partial charge in [0.2, 0.25) is 15.9 Å². The summed E-state index contributed by atoms with van der Waals surface area (Å²) < 4.78 is 41.5. The van der Waals surface area contributed by atoms with E-state index in [2.05, 4.69) is 4.90 Å². The zero-order valence-corrected chi connectivity index (χ0v) is 22.0. The number of benzene rings is 3. The number of aryl methyl sites for hydroxylation is 1. The molecule has 1 fully saturated rings. The number of halogens is 3. The van der Waals surface area contributed by atoms with Crippen molar-refractivity contribution in [2.24, 2.45) is 0 Å². The van der Waals surface area contributed by atoms with Gasteiger partial charge in [-0.05, 0) is 55.5 Å². The van der Waals surface area contributed by atoms with Gasteiger partial charge < -0.3 is 9.80 Å². The molecule has 36 heavy (non-hydrogen) atoms. The average Bonchev–Trinajstić information content (AvgIpc) is 2.86. The smallest absolute Gasteiger partial charge is 0.243 e. The van der Waals surface area contributed by atoms with Gasteiger partial charge in [-0.25, -0.2) is 12.8 Å². The maximum atomic E-state index is 13.6. The first kappa shape index (κ1) is 26.4. The van der Waals surface area contributed by atoms with Gasteiger partial charge in [0.05, 0.1) is 11.4 Å². The molecule has 3 aromatic rings. The molecule has 190 valence electrons. The van der Waals surface area contributed by atoms with Crippen molar-refractivity contribution >= 4 is 44.8 Å². The molecule has 1 heterocycles. The number of carbonyl (C=O) groups excluding carboxylic acids is 1. The maximum absolute atomic E-state index is 13.6. The van der Waals surface area contributed by atoms with Gasteiger partial charge in [0.1, 0.15) is 5.82 Å². The Labute approximate surface area is 220 Å². The number of hydrogen-bond acceptors (Lipinski definition) is 4. The minimum atomic E-state index is -4.02. The fourth-order valence-corrected chi connectivity index (χ4v) is 5.94. The first-order valence-electron chi connectivity index (χ1n) is 11.4. The molecule has 0 saturated carbocycles. The van der Waals surface area contributed by atoms with Crippen LogP contribution in [0.15, 0.2) is 71.6 Å². The quantitative estimate of drug-likeness (QED) is 0.417. The Hall–Kier alpha value is -2.65. The van der Waals surface area contributed by atoms with Gasteiger partial charge in [-0.2, -0.15) is 4.31 Å². The van der Waals surface area contributed by atoms with Gasteiger partial charge in [-0.3, -0.25) is 4.79 Å². The monoisotopic (exact) mass is 549 g/mol. The second-order valence-electron chi connectivity index (χ2n) is 8.63. The van der Waals surface area contributed by atoms with Crippen molar-refractivity contribution in [3.8, 4) is 0 Å². The van der Waals surface area contributed by atoms with Crippen LogP contribution < -0.4 is 4.90 Å². The number of carbonyl (C=O) groups is 1. The van der Waals surface area contributed by atoms with E-state index in [0.29, 0.717) is 41.8 Å². The summed E-state index contributed by atoms with van der Waals surface area (Å²) in [6.45, 7) is 3.32. The molecule has 1 amide bonds. The molecule has 0 radical (unpaired) electrons. The van der Waals surface area contributed by atoms with Gasteiger partial charge in [-0.15, -0.1) is 0 Å². The summed E-state index contributed by atoms with van der Waals surface area (Å²) in [5.41, 5.74) is 2.23. The van der Waals surface area contributed by atoms with E-state index in [1.165, 1.54) is 24.3 Å². The van der Waals surface area contributed by atoms with Crippen LogP contribution in [0.5, 0.6) is 0 Å². The maximum Gasteiger partial charge on any atom is 0.243 e. The Morgan fingerprint density at radius 2 is 1.50 bits per heavy atom. The van der Waals surface area contributed by atoms with Crippen molar-refractivity contribution < 1.29 is 17.6 Å². The molecular formula is C26H26Cl2FN3O3S. The normalized spacial score (nSPS) is 14.4. The Morgan fingerprint density at radius 1 is 0.917 bits per heavy atom. The third-order valence-corrected chi connectivity index (χ3v) is 8.70. The van der Waals surface area contributed by atoms with E-state index in [0.717, 1.165) is 15.6 Å². The molecule has 1 aliphatic heterocycles. The predicted molar refractivity (Wildman–Crippen MR) is 140 cm³/mol. The van der Waals surface area contributed by atoms with Crippen LogP contribution in [-0.2, 0) is 21.4 Å². The topological polar surface area (TPSA) is 60.9 Å². The molecule has 3 aromatic carbocycles. The third-order valence-electron chi connectivity index (χ3n) is 6.19. The van der Waals surface area contributed by atoms with E-state index < -0.39 is 10.0 Å². The number of piperazine rings is 1. The van der Waals surface area contributed by atoms with Crippen molar-refractivity contribution in [3.05, 3.63) is 93.7 Å². The van der Waals surface area contributed by atoms with E-state index in [1.807, 2.05) is 6.92 Å². The number of anilines is 1. The van der Waals surface area contributed by atoms with Gasteiger partial charge in [0.25, 0.3) is 0 Å². The highest BCUT2D eigenvalue weighted by atomic mass is 35.5. The lowest BCUT2D eigenvalue weighted by Crippen LogP contribution is -2.51. The molecular weight excluding hydrogens is 524 g/mol. The average molecular weight is 550 g/mol. The largest absolute Gasteiger partial charge is 0.368 e. The standard InChI is InChI=1S/C26H26Cl2FN3O3S/c1-19-5-11-22(12-6-19)36(34,35)32(17-23-24(27)3-2-4-25(23)28)18-26(33)31-15-13-30(14-16-31)21-9-7-20(29)8-10-21/h2-12H,13-18H2,1H3. The first-order valence-corrected chi connectivity index (χ1v) is 13.6. The van der Waals surface area contributed by atoms with E-state index in [-0.39, 0.29) is 29.7 Å². The van der Waals surface area contributed by atoms with Gasteiger partial charge >= 0.3 is 0 Å². The van der Waals surface area contributed by atoms with Crippen LogP contribution in [0.2, 0.25) is 10.0 Å². The molecule has 4 rings (SSSR count). The number of rotatable bonds is 7. The molecule has 6 nitrogen and oxygen atoms in total. The lowest BCUT2D eigenvalue weighted by atomic mass is 10.2. The Morgan fingerprint density at radius 3 is 2.08 bits per heavy atom. The lowest BCUT2D eigenvalue weighted by Gasteiger charge is -2.37.